The van der Waals surface area contributed by atoms with Crippen LogP contribution in [0.25, 0.3) is 0 Å². The maximum absolute atomic E-state index is 11.1. The third-order valence-electron chi connectivity index (χ3n) is 1.97. The molecule has 0 bridgehead atoms. The van der Waals surface area contributed by atoms with Crippen LogP contribution in [0, 0.1) is 0 Å². The topological polar surface area (TPSA) is 61.4 Å². The Hall–Kier alpha value is -1.36. The minimum atomic E-state index is -0.136. The molecule has 0 radical (unpaired) electrons. The van der Waals surface area contributed by atoms with E-state index in [1.165, 1.54) is 0 Å². The first-order valence-corrected chi connectivity index (χ1v) is 4.52. The second-order valence-electron chi connectivity index (χ2n) is 3.35. The van der Waals surface area contributed by atoms with Gasteiger partial charge in [-0.05, 0) is 6.92 Å². The van der Waals surface area contributed by atoms with E-state index in [1.807, 2.05) is 4.90 Å². The Morgan fingerprint density at radius 1 is 1.71 bits per heavy atom. The summed E-state index contributed by atoms with van der Waals surface area (Å²) >= 11 is 0. The summed E-state index contributed by atoms with van der Waals surface area (Å²) in [5, 5.41) is 5.39. The van der Waals surface area contributed by atoms with E-state index >= 15 is 0 Å². The van der Waals surface area contributed by atoms with Crippen LogP contribution in [0.2, 0.25) is 0 Å². The number of nitrogens with one attached hydrogen (secondary N) is 2. The van der Waals surface area contributed by atoms with Crippen LogP contribution < -0.4 is 10.6 Å². The average Bonchev–Trinajstić information content (AvgIpc) is 2.51. The largest absolute Gasteiger partial charge is 0.351 e. The number of carbonyl (C=O) groups is 2. The zero-order chi connectivity index (χ0) is 10.6. The van der Waals surface area contributed by atoms with Gasteiger partial charge in [-0.2, -0.15) is 0 Å². The molecule has 14 heavy (non-hydrogen) atoms. The van der Waals surface area contributed by atoms with Crippen molar-refractivity contribution < 1.29 is 9.59 Å². The third-order valence-corrected chi connectivity index (χ3v) is 1.97. The molecule has 0 aromatic rings. The summed E-state index contributed by atoms with van der Waals surface area (Å²) in [6.07, 6.45) is 0. The number of carbonyl (C=O) groups excluding carboxylic acids is 2. The van der Waals surface area contributed by atoms with Gasteiger partial charge in [0.05, 0.1) is 13.2 Å². The molecular formula is C9H15N3O2. The van der Waals surface area contributed by atoms with Crippen LogP contribution in [0.15, 0.2) is 12.2 Å². The van der Waals surface area contributed by atoms with Gasteiger partial charge in [0.1, 0.15) is 0 Å². The lowest BCUT2D eigenvalue weighted by atomic mass is 10.3. The van der Waals surface area contributed by atoms with Crippen molar-refractivity contribution in [1.29, 1.82) is 0 Å². The Morgan fingerprint density at radius 3 is 2.93 bits per heavy atom. The van der Waals surface area contributed by atoms with Crippen molar-refractivity contribution in [2.45, 2.75) is 6.92 Å². The smallest absolute Gasteiger partial charge is 0.246 e. The Bertz CT molecular complexity index is 263. The highest BCUT2D eigenvalue weighted by atomic mass is 16.2. The molecule has 2 amide bonds. The summed E-state index contributed by atoms with van der Waals surface area (Å²) in [4.78, 5) is 23.8. The van der Waals surface area contributed by atoms with Crippen molar-refractivity contribution in [2.24, 2.45) is 0 Å². The van der Waals surface area contributed by atoms with Crippen LogP contribution in [0.5, 0.6) is 0 Å². The summed E-state index contributed by atoms with van der Waals surface area (Å²) in [6, 6.07) is 0. The van der Waals surface area contributed by atoms with Crippen LogP contribution in [-0.2, 0) is 9.59 Å². The summed E-state index contributed by atoms with van der Waals surface area (Å²) in [7, 11) is 0. The maximum Gasteiger partial charge on any atom is 0.246 e. The van der Waals surface area contributed by atoms with E-state index in [0.29, 0.717) is 31.9 Å². The summed E-state index contributed by atoms with van der Waals surface area (Å²) in [5.41, 5.74) is 0.501. The van der Waals surface area contributed by atoms with Crippen molar-refractivity contribution >= 4 is 11.8 Å². The van der Waals surface area contributed by atoms with Crippen LogP contribution in [0.4, 0.5) is 0 Å². The first kappa shape index (κ1) is 10.7. The monoisotopic (exact) mass is 197 g/mol. The fraction of sp³-hybridized carbons (Fsp3) is 0.556. The minimum Gasteiger partial charge on any atom is -0.351 e. The van der Waals surface area contributed by atoms with Gasteiger partial charge in [-0.3, -0.25) is 14.5 Å². The zero-order valence-corrected chi connectivity index (χ0v) is 8.30. The normalized spacial score (nSPS) is 16.5. The number of rotatable bonds is 4. The van der Waals surface area contributed by atoms with Gasteiger partial charge in [0.25, 0.3) is 0 Å². The van der Waals surface area contributed by atoms with Gasteiger partial charge in [-0.15, -0.1) is 0 Å². The molecule has 0 spiro atoms. The molecule has 1 rings (SSSR count). The molecule has 0 saturated carbocycles. The van der Waals surface area contributed by atoms with Crippen molar-refractivity contribution in [3.05, 3.63) is 12.2 Å². The molecule has 0 unspecified atom stereocenters. The Kier molecular flexibility index (Phi) is 3.64. The second-order valence-corrected chi connectivity index (χ2v) is 3.35. The fourth-order valence-electron chi connectivity index (χ4n) is 1.15. The molecule has 0 aliphatic carbocycles. The third kappa shape index (κ3) is 3.18. The SMILES string of the molecule is C=C(C)C(=O)NCCN1CNC(=O)C1. The van der Waals surface area contributed by atoms with E-state index in [0.717, 1.165) is 0 Å². The predicted molar refractivity (Wildman–Crippen MR) is 52.4 cm³/mol. The van der Waals surface area contributed by atoms with E-state index in [2.05, 4.69) is 17.2 Å². The van der Waals surface area contributed by atoms with Crippen LogP contribution in [0.1, 0.15) is 6.92 Å². The highest BCUT2D eigenvalue weighted by Gasteiger charge is 2.17. The van der Waals surface area contributed by atoms with Gasteiger partial charge in [-0.1, -0.05) is 6.58 Å². The first-order chi connectivity index (χ1) is 6.59. The van der Waals surface area contributed by atoms with Crippen LogP contribution >= 0.6 is 0 Å². The molecule has 1 heterocycles. The molecule has 1 aliphatic heterocycles. The summed E-state index contributed by atoms with van der Waals surface area (Å²) in [6.45, 7) is 7.40. The molecule has 5 nitrogen and oxygen atoms in total. The molecule has 1 aliphatic rings. The highest BCUT2D eigenvalue weighted by Crippen LogP contribution is 1.92. The van der Waals surface area contributed by atoms with Crippen molar-refractivity contribution in [2.75, 3.05) is 26.3 Å². The second kappa shape index (κ2) is 4.76. The fourth-order valence-corrected chi connectivity index (χ4v) is 1.15. The molecule has 78 valence electrons. The van der Waals surface area contributed by atoms with Gasteiger partial charge in [0.15, 0.2) is 0 Å². The number of hydrogen-bond donors (Lipinski definition) is 2. The van der Waals surface area contributed by atoms with Gasteiger partial charge >= 0.3 is 0 Å². The standard InChI is InChI=1S/C9H15N3O2/c1-7(2)9(14)10-3-4-12-5-8(13)11-6-12/h1,3-6H2,2H3,(H,10,14)(H,11,13). The van der Waals surface area contributed by atoms with E-state index in [4.69, 9.17) is 0 Å². The first-order valence-electron chi connectivity index (χ1n) is 4.52. The van der Waals surface area contributed by atoms with Gasteiger partial charge in [0, 0.05) is 18.7 Å². The van der Waals surface area contributed by atoms with Crippen LogP contribution in [-0.4, -0.2) is 43.0 Å². The molecule has 0 aromatic heterocycles. The Labute approximate surface area is 83.1 Å². The van der Waals surface area contributed by atoms with E-state index in [-0.39, 0.29) is 11.8 Å². The Morgan fingerprint density at radius 2 is 2.43 bits per heavy atom. The lowest BCUT2D eigenvalue weighted by Crippen LogP contribution is -2.34. The van der Waals surface area contributed by atoms with Crippen LogP contribution in [0.3, 0.4) is 0 Å². The number of nitrogens with zero attached hydrogens (tertiary/aromatic N) is 1. The predicted octanol–water partition coefficient (Wildman–Crippen LogP) is -0.932. The molecule has 0 atom stereocenters. The lowest BCUT2D eigenvalue weighted by Gasteiger charge is -2.12. The van der Waals surface area contributed by atoms with Crippen molar-refractivity contribution in [3.8, 4) is 0 Å². The van der Waals surface area contributed by atoms with Crippen molar-refractivity contribution in [1.82, 2.24) is 15.5 Å². The van der Waals surface area contributed by atoms with E-state index < -0.39 is 0 Å². The van der Waals surface area contributed by atoms with Gasteiger partial charge in [-0.25, -0.2) is 0 Å². The summed E-state index contributed by atoms with van der Waals surface area (Å²) in [5.74, 6) is -0.0975. The van der Waals surface area contributed by atoms with E-state index in [9.17, 15) is 9.59 Å². The molecule has 5 heteroatoms. The quantitative estimate of drug-likeness (QED) is 0.572. The maximum atomic E-state index is 11.1. The number of hydrogen-bond acceptors (Lipinski definition) is 3. The molecule has 1 fully saturated rings. The van der Waals surface area contributed by atoms with E-state index in [1.54, 1.807) is 6.92 Å². The number of amides is 2. The highest BCUT2D eigenvalue weighted by molar-refractivity contribution is 5.92. The molecule has 2 N–H and O–H groups in total. The lowest BCUT2D eigenvalue weighted by molar-refractivity contribution is -0.118. The van der Waals surface area contributed by atoms with Gasteiger partial charge in [0.2, 0.25) is 11.8 Å². The van der Waals surface area contributed by atoms with Crippen molar-refractivity contribution in [3.63, 3.8) is 0 Å². The molecular weight excluding hydrogens is 182 g/mol. The Balaban J connectivity index is 2.13. The average molecular weight is 197 g/mol. The molecule has 0 aromatic carbocycles. The minimum absolute atomic E-state index is 0.0382. The zero-order valence-electron chi connectivity index (χ0n) is 8.30. The molecule has 1 saturated heterocycles. The summed E-state index contributed by atoms with van der Waals surface area (Å²) < 4.78 is 0. The van der Waals surface area contributed by atoms with Gasteiger partial charge < -0.3 is 10.6 Å².